The minimum Gasteiger partial charge on any atom is -0.492 e. The van der Waals surface area contributed by atoms with Gasteiger partial charge >= 0.3 is 0 Å². The quantitative estimate of drug-likeness (QED) is 0.515. The average molecular weight is 436 g/mol. The standard InChI is InChI=1S/C26H30ClN3O/c1-28-18-20-12-14-30(15-13-20)16-17-31-25-9-4-22(5-10-25)26-11-6-23(19-29-26)21-2-7-24(27)8-3-21/h2-11,19-20,28H,12-18H2,1H3. The summed E-state index contributed by atoms with van der Waals surface area (Å²) < 4.78 is 5.98. The van der Waals surface area contributed by atoms with Crippen molar-refractivity contribution in [3.05, 3.63) is 71.9 Å². The number of likely N-dealkylation sites (tertiary alicyclic amines) is 1. The van der Waals surface area contributed by atoms with Gasteiger partial charge in [0.1, 0.15) is 12.4 Å². The predicted molar refractivity (Wildman–Crippen MR) is 129 cm³/mol. The van der Waals surface area contributed by atoms with Gasteiger partial charge in [-0.1, -0.05) is 29.8 Å². The Labute approximate surface area is 190 Å². The van der Waals surface area contributed by atoms with Crippen LogP contribution in [0.2, 0.25) is 5.02 Å². The zero-order valence-electron chi connectivity index (χ0n) is 18.1. The van der Waals surface area contributed by atoms with Gasteiger partial charge in [-0.05, 0) is 93.5 Å². The van der Waals surface area contributed by atoms with Gasteiger partial charge in [0.05, 0.1) is 5.69 Å². The SMILES string of the molecule is CNCC1CCN(CCOc2ccc(-c3ccc(-c4ccc(Cl)cc4)cn3)cc2)CC1. The van der Waals surface area contributed by atoms with Crippen molar-refractivity contribution in [1.82, 2.24) is 15.2 Å². The van der Waals surface area contributed by atoms with Crippen LogP contribution in [0.15, 0.2) is 66.9 Å². The van der Waals surface area contributed by atoms with Gasteiger partial charge in [0.15, 0.2) is 0 Å². The maximum absolute atomic E-state index is 5.98. The van der Waals surface area contributed by atoms with Gasteiger partial charge in [0, 0.05) is 28.9 Å². The number of piperidine rings is 1. The van der Waals surface area contributed by atoms with Gasteiger partial charge in [-0.2, -0.15) is 0 Å². The Morgan fingerprint density at radius 1 is 0.935 bits per heavy atom. The van der Waals surface area contributed by atoms with E-state index in [0.717, 1.165) is 58.8 Å². The fourth-order valence-electron chi connectivity index (χ4n) is 4.10. The van der Waals surface area contributed by atoms with Crippen molar-refractivity contribution in [3.63, 3.8) is 0 Å². The van der Waals surface area contributed by atoms with Crippen LogP contribution in [0, 0.1) is 5.92 Å². The Kier molecular flexibility index (Phi) is 7.57. The maximum atomic E-state index is 5.98. The predicted octanol–water partition coefficient (Wildman–Crippen LogP) is 5.38. The molecule has 2 aromatic carbocycles. The van der Waals surface area contributed by atoms with Crippen molar-refractivity contribution in [2.75, 3.05) is 39.8 Å². The zero-order valence-corrected chi connectivity index (χ0v) is 18.8. The molecule has 162 valence electrons. The fraction of sp³-hybridized carbons (Fsp3) is 0.346. The van der Waals surface area contributed by atoms with Crippen LogP contribution in [-0.2, 0) is 0 Å². The fourth-order valence-corrected chi connectivity index (χ4v) is 4.22. The van der Waals surface area contributed by atoms with Crippen LogP contribution in [-0.4, -0.2) is 49.7 Å². The molecular formula is C26H30ClN3O. The Bertz CT molecular complexity index is 934. The van der Waals surface area contributed by atoms with Crippen molar-refractivity contribution in [2.24, 2.45) is 5.92 Å². The summed E-state index contributed by atoms with van der Waals surface area (Å²) in [4.78, 5) is 7.14. The first-order valence-electron chi connectivity index (χ1n) is 11.0. The van der Waals surface area contributed by atoms with Gasteiger partial charge in [-0.3, -0.25) is 9.88 Å². The van der Waals surface area contributed by atoms with E-state index in [4.69, 9.17) is 16.3 Å². The number of pyridine rings is 1. The molecule has 0 radical (unpaired) electrons. The highest BCUT2D eigenvalue weighted by Crippen LogP contribution is 2.25. The molecule has 0 spiro atoms. The molecule has 0 saturated carbocycles. The van der Waals surface area contributed by atoms with Gasteiger partial charge in [-0.15, -0.1) is 0 Å². The minimum atomic E-state index is 0.726. The van der Waals surface area contributed by atoms with Crippen molar-refractivity contribution in [3.8, 4) is 28.1 Å². The molecular weight excluding hydrogens is 406 g/mol. The highest BCUT2D eigenvalue weighted by Gasteiger charge is 2.18. The van der Waals surface area contributed by atoms with Crippen LogP contribution in [0.1, 0.15) is 12.8 Å². The summed E-state index contributed by atoms with van der Waals surface area (Å²) in [5.41, 5.74) is 4.23. The Morgan fingerprint density at radius 2 is 1.61 bits per heavy atom. The van der Waals surface area contributed by atoms with E-state index in [-0.39, 0.29) is 0 Å². The number of hydrogen-bond acceptors (Lipinski definition) is 4. The van der Waals surface area contributed by atoms with Crippen LogP contribution >= 0.6 is 11.6 Å². The van der Waals surface area contributed by atoms with E-state index in [1.807, 2.05) is 49.6 Å². The number of halogens is 1. The molecule has 2 heterocycles. The lowest BCUT2D eigenvalue weighted by atomic mass is 9.97. The van der Waals surface area contributed by atoms with Crippen LogP contribution in [0.4, 0.5) is 0 Å². The molecule has 1 aromatic heterocycles. The van der Waals surface area contributed by atoms with Crippen molar-refractivity contribution in [1.29, 1.82) is 0 Å². The molecule has 0 amide bonds. The maximum Gasteiger partial charge on any atom is 0.119 e. The number of ether oxygens (including phenoxy) is 1. The minimum absolute atomic E-state index is 0.726. The Balaban J connectivity index is 1.27. The van der Waals surface area contributed by atoms with Gasteiger partial charge in [0.2, 0.25) is 0 Å². The Hall–Kier alpha value is -2.40. The summed E-state index contributed by atoms with van der Waals surface area (Å²) in [6.07, 6.45) is 4.46. The van der Waals surface area contributed by atoms with Gasteiger partial charge in [-0.25, -0.2) is 0 Å². The van der Waals surface area contributed by atoms with E-state index in [0.29, 0.717) is 0 Å². The van der Waals surface area contributed by atoms with Crippen molar-refractivity contribution in [2.45, 2.75) is 12.8 Å². The average Bonchev–Trinajstić information content (AvgIpc) is 2.82. The molecule has 4 nitrogen and oxygen atoms in total. The monoisotopic (exact) mass is 435 g/mol. The second-order valence-electron chi connectivity index (χ2n) is 8.15. The second kappa shape index (κ2) is 10.8. The van der Waals surface area contributed by atoms with Crippen LogP contribution < -0.4 is 10.1 Å². The molecule has 0 bridgehead atoms. The van der Waals surface area contributed by atoms with E-state index in [9.17, 15) is 0 Å². The molecule has 0 unspecified atom stereocenters. The third-order valence-electron chi connectivity index (χ3n) is 5.97. The number of rotatable bonds is 8. The third kappa shape index (κ3) is 6.07. The van der Waals surface area contributed by atoms with E-state index in [2.05, 4.69) is 39.5 Å². The van der Waals surface area contributed by atoms with E-state index in [1.165, 1.54) is 25.9 Å². The van der Waals surface area contributed by atoms with E-state index < -0.39 is 0 Å². The van der Waals surface area contributed by atoms with Crippen LogP contribution in [0.5, 0.6) is 5.75 Å². The second-order valence-corrected chi connectivity index (χ2v) is 8.59. The molecule has 0 aliphatic carbocycles. The summed E-state index contributed by atoms with van der Waals surface area (Å²) >= 11 is 5.97. The summed E-state index contributed by atoms with van der Waals surface area (Å²) in [6.45, 7) is 5.19. The number of nitrogens with zero attached hydrogens (tertiary/aromatic N) is 2. The lowest BCUT2D eigenvalue weighted by Gasteiger charge is -2.31. The first kappa shape index (κ1) is 21.8. The van der Waals surface area contributed by atoms with Crippen molar-refractivity contribution < 1.29 is 4.74 Å². The molecule has 31 heavy (non-hydrogen) atoms. The topological polar surface area (TPSA) is 37.4 Å². The first-order valence-corrected chi connectivity index (χ1v) is 11.4. The number of hydrogen-bond donors (Lipinski definition) is 1. The molecule has 1 aliphatic rings. The number of benzene rings is 2. The highest BCUT2D eigenvalue weighted by atomic mass is 35.5. The van der Waals surface area contributed by atoms with Gasteiger partial charge in [0.25, 0.3) is 0 Å². The molecule has 1 fully saturated rings. The van der Waals surface area contributed by atoms with E-state index >= 15 is 0 Å². The highest BCUT2D eigenvalue weighted by molar-refractivity contribution is 6.30. The zero-order chi connectivity index (χ0) is 21.5. The van der Waals surface area contributed by atoms with Crippen molar-refractivity contribution >= 4 is 11.6 Å². The normalized spacial score (nSPS) is 15.2. The molecule has 3 aromatic rings. The molecule has 4 rings (SSSR count). The van der Waals surface area contributed by atoms with E-state index in [1.54, 1.807) is 0 Å². The molecule has 5 heteroatoms. The molecule has 1 N–H and O–H groups in total. The number of aromatic nitrogens is 1. The lowest BCUT2D eigenvalue weighted by Crippen LogP contribution is -2.38. The molecule has 0 atom stereocenters. The summed E-state index contributed by atoms with van der Waals surface area (Å²) in [7, 11) is 2.04. The van der Waals surface area contributed by atoms with Gasteiger partial charge < -0.3 is 10.1 Å². The van der Waals surface area contributed by atoms with Crippen LogP contribution in [0.3, 0.4) is 0 Å². The largest absolute Gasteiger partial charge is 0.492 e. The summed E-state index contributed by atoms with van der Waals surface area (Å²) in [5.74, 6) is 1.73. The summed E-state index contributed by atoms with van der Waals surface area (Å²) in [5, 5.41) is 4.03. The Morgan fingerprint density at radius 3 is 2.26 bits per heavy atom. The smallest absolute Gasteiger partial charge is 0.119 e. The lowest BCUT2D eigenvalue weighted by molar-refractivity contribution is 0.155. The molecule has 1 aliphatic heterocycles. The number of nitrogens with one attached hydrogen (secondary N) is 1. The summed E-state index contributed by atoms with van der Waals surface area (Å²) in [6, 6.07) is 20.2. The first-order chi connectivity index (χ1) is 15.2. The van der Waals surface area contributed by atoms with Crippen LogP contribution in [0.25, 0.3) is 22.4 Å². The molecule has 1 saturated heterocycles. The third-order valence-corrected chi connectivity index (χ3v) is 6.22.